The summed E-state index contributed by atoms with van der Waals surface area (Å²) < 4.78 is 7.33. The van der Waals surface area contributed by atoms with Gasteiger partial charge in [-0.3, -0.25) is 29.4 Å². The van der Waals surface area contributed by atoms with Crippen molar-refractivity contribution in [3.05, 3.63) is 51.8 Å². The number of aryl methyl sites for hydroxylation is 1. The Bertz CT molecular complexity index is 1320. The maximum atomic E-state index is 13.3. The van der Waals surface area contributed by atoms with E-state index in [1.165, 1.54) is 10.6 Å². The number of ether oxygens (including phenoxy) is 1. The predicted octanol–water partition coefficient (Wildman–Crippen LogP) is 1.13. The van der Waals surface area contributed by atoms with E-state index in [2.05, 4.69) is 27.0 Å². The fourth-order valence-electron chi connectivity index (χ4n) is 5.01. The van der Waals surface area contributed by atoms with Crippen molar-refractivity contribution in [3.8, 4) is 5.75 Å². The van der Waals surface area contributed by atoms with Crippen molar-refractivity contribution in [2.75, 3.05) is 34.3 Å². The van der Waals surface area contributed by atoms with Crippen molar-refractivity contribution >= 4 is 34.5 Å². The number of likely N-dealkylation sites (N-methyl/N-ethyl adjacent to an activating group) is 1. The Balaban J connectivity index is 1.54. The van der Waals surface area contributed by atoms with E-state index < -0.39 is 11.4 Å². The molecule has 0 saturated carbocycles. The van der Waals surface area contributed by atoms with Crippen molar-refractivity contribution in [1.82, 2.24) is 29.8 Å². The fourth-order valence-corrected chi connectivity index (χ4v) is 6.24. The van der Waals surface area contributed by atoms with Crippen LogP contribution in [0.3, 0.4) is 0 Å². The number of rotatable bonds is 7. The maximum absolute atomic E-state index is 13.3. The Labute approximate surface area is 206 Å². The zero-order chi connectivity index (χ0) is 24.7. The van der Waals surface area contributed by atoms with Gasteiger partial charge < -0.3 is 14.5 Å². The molecule has 0 unspecified atom stereocenters. The van der Waals surface area contributed by atoms with Crippen LogP contribution in [0.25, 0.3) is 4.96 Å². The van der Waals surface area contributed by atoms with Gasteiger partial charge in [-0.1, -0.05) is 17.4 Å². The number of nitrogens with zero attached hydrogens (tertiary/aromatic N) is 4. The molecular formula is C24H28N6O4S. The van der Waals surface area contributed by atoms with Gasteiger partial charge in [-0.05, 0) is 51.2 Å². The van der Waals surface area contributed by atoms with Gasteiger partial charge in [0.05, 0.1) is 19.3 Å². The highest BCUT2D eigenvalue weighted by Gasteiger charge is 2.45. The first-order chi connectivity index (χ1) is 16.9. The molecule has 0 spiro atoms. The SMILES string of the molecule is CN[C@](CN1Cc2ccc(OC)cc2C1=O)(C(=O)NC=O)c1cn2c3c(sc2n1)CN(C)CCC3. The summed E-state index contributed by atoms with van der Waals surface area (Å²) in [6.07, 6.45) is 4.19. The minimum absolute atomic E-state index is 0.00870. The molecule has 0 radical (unpaired) electrons. The average Bonchev–Trinajstić information content (AvgIpc) is 3.45. The lowest BCUT2D eigenvalue weighted by molar-refractivity contribution is -0.131. The lowest BCUT2D eigenvalue weighted by Crippen LogP contribution is -2.59. The number of benzene rings is 1. The van der Waals surface area contributed by atoms with Gasteiger partial charge in [0.1, 0.15) is 5.75 Å². The summed E-state index contributed by atoms with van der Waals surface area (Å²) in [5.74, 6) is -0.165. The van der Waals surface area contributed by atoms with E-state index >= 15 is 0 Å². The Morgan fingerprint density at radius 1 is 1.34 bits per heavy atom. The number of carbonyl (C=O) groups is 3. The molecule has 2 aliphatic rings. The smallest absolute Gasteiger partial charge is 0.254 e. The highest BCUT2D eigenvalue weighted by atomic mass is 32.1. The number of imidazole rings is 1. The Kier molecular flexibility index (Phi) is 6.07. The molecule has 0 bridgehead atoms. The predicted molar refractivity (Wildman–Crippen MR) is 130 cm³/mol. The van der Waals surface area contributed by atoms with E-state index in [1.807, 2.05) is 18.3 Å². The molecule has 3 amide bonds. The molecule has 2 N–H and O–H groups in total. The third kappa shape index (κ3) is 3.89. The van der Waals surface area contributed by atoms with Crippen molar-refractivity contribution in [1.29, 1.82) is 0 Å². The summed E-state index contributed by atoms with van der Waals surface area (Å²) in [5, 5.41) is 5.38. The van der Waals surface area contributed by atoms with Gasteiger partial charge in [0.15, 0.2) is 10.5 Å². The standard InChI is InChI=1S/C24H28N6O4S/c1-25-24(22(33)26-14-31,13-29-10-15-6-7-16(34-3)9-17(15)21(29)32)20-12-30-18-5-4-8-28(2)11-19(18)35-23(30)27-20/h6-7,9,12,14,25H,4-5,8,10-11,13H2,1-3H3,(H,26,31,33)/t24-/m0/s1. The molecule has 4 heterocycles. The van der Waals surface area contributed by atoms with Crippen molar-refractivity contribution in [3.63, 3.8) is 0 Å². The number of thiazole rings is 1. The second-order valence-electron chi connectivity index (χ2n) is 9.02. The van der Waals surface area contributed by atoms with Gasteiger partial charge in [0, 0.05) is 35.4 Å². The molecule has 1 atom stereocenters. The molecule has 3 aromatic rings. The molecule has 2 aromatic heterocycles. The number of imide groups is 1. The molecule has 10 nitrogen and oxygen atoms in total. The summed E-state index contributed by atoms with van der Waals surface area (Å²) >= 11 is 1.61. The number of methoxy groups -OCH3 is 1. The van der Waals surface area contributed by atoms with Crippen LogP contribution in [0.4, 0.5) is 0 Å². The van der Waals surface area contributed by atoms with E-state index in [1.54, 1.807) is 36.5 Å². The summed E-state index contributed by atoms with van der Waals surface area (Å²) in [4.78, 5) is 48.7. The molecule has 11 heteroatoms. The van der Waals surface area contributed by atoms with E-state index in [4.69, 9.17) is 9.72 Å². The number of hydrogen-bond acceptors (Lipinski definition) is 8. The molecule has 2 aliphatic heterocycles. The molecule has 1 aromatic carbocycles. The summed E-state index contributed by atoms with van der Waals surface area (Å²) in [6, 6.07) is 5.38. The first-order valence-electron chi connectivity index (χ1n) is 11.5. The molecule has 0 saturated heterocycles. The lowest BCUT2D eigenvalue weighted by Gasteiger charge is -2.33. The Morgan fingerprint density at radius 3 is 2.91 bits per heavy atom. The number of fused-ring (bicyclic) bond motifs is 4. The summed E-state index contributed by atoms with van der Waals surface area (Å²) in [5.41, 5.74) is 1.66. The zero-order valence-electron chi connectivity index (χ0n) is 20.0. The fraction of sp³-hybridized carbons (Fsp3) is 0.417. The lowest BCUT2D eigenvalue weighted by atomic mass is 9.93. The number of carbonyl (C=O) groups excluding carboxylic acids is 3. The van der Waals surface area contributed by atoms with E-state index in [0.717, 1.165) is 36.5 Å². The quantitative estimate of drug-likeness (QED) is 0.472. The summed E-state index contributed by atoms with van der Waals surface area (Å²) in [7, 11) is 5.31. The van der Waals surface area contributed by atoms with Crippen molar-refractivity contribution in [2.24, 2.45) is 0 Å². The second kappa shape index (κ2) is 9.06. The zero-order valence-corrected chi connectivity index (χ0v) is 20.8. The van der Waals surface area contributed by atoms with Gasteiger partial charge in [-0.2, -0.15) is 0 Å². The van der Waals surface area contributed by atoms with E-state index in [-0.39, 0.29) is 12.5 Å². The first kappa shape index (κ1) is 23.5. The highest BCUT2D eigenvalue weighted by molar-refractivity contribution is 7.17. The van der Waals surface area contributed by atoms with Crippen molar-refractivity contribution in [2.45, 2.75) is 31.5 Å². The Hall–Kier alpha value is -3.28. The van der Waals surface area contributed by atoms with Crippen LogP contribution in [0, 0.1) is 0 Å². The topological polar surface area (TPSA) is 108 Å². The molecule has 0 fully saturated rings. The third-order valence-electron chi connectivity index (χ3n) is 6.93. The minimum Gasteiger partial charge on any atom is -0.497 e. The van der Waals surface area contributed by atoms with Gasteiger partial charge in [-0.15, -0.1) is 0 Å². The molecular weight excluding hydrogens is 468 g/mol. The molecule has 35 heavy (non-hydrogen) atoms. The normalized spacial score (nSPS) is 17.6. The van der Waals surface area contributed by atoms with Crippen LogP contribution in [0.15, 0.2) is 24.4 Å². The van der Waals surface area contributed by atoms with E-state index in [0.29, 0.717) is 30.0 Å². The maximum Gasteiger partial charge on any atom is 0.254 e. The third-order valence-corrected chi connectivity index (χ3v) is 8.01. The number of nitrogens with one attached hydrogen (secondary N) is 2. The van der Waals surface area contributed by atoms with Gasteiger partial charge in [0.2, 0.25) is 6.41 Å². The minimum atomic E-state index is -1.41. The highest BCUT2D eigenvalue weighted by Crippen LogP contribution is 2.33. The van der Waals surface area contributed by atoms with E-state index in [9.17, 15) is 14.4 Å². The monoisotopic (exact) mass is 496 g/mol. The van der Waals surface area contributed by atoms with Gasteiger partial charge >= 0.3 is 0 Å². The van der Waals surface area contributed by atoms with Crippen LogP contribution in [-0.2, 0) is 34.6 Å². The van der Waals surface area contributed by atoms with Crippen LogP contribution in [0.2, 0.25) is 0 Å². The van der Waals surface area contributed by atoms with Crippen molar-refractivity contribution < 1.29 is 19.1 Å². The van der Waals surface area contributed by atoms with Crippen LogP contribution in [0.1, 0.15) is 38.6 Å². The van der Waals surface area contributed by atoms with Gasteiger partial charge in [-0.25, -0.2) is 4.98 Å². The van der Waals surface area contributed by atoms with Gasteiger partial charge in [0.25, 0.3) is 11.8 Å². The molecule has 184 valence electrons. The number of amides is 3. The molecule has 5 rings (SSSR count). The van der Waals surface area contributed by atoms with Crippen LogP contribution < -0.4 is 15.4 Å². The first-order valence-corrected chi connectivity index (χ1v) is 12.3. The Morgan fingerprint density at radius 2 is 2.17 bits per heavy atom. The largest absolute Gasteiger partial charge is 0.497 e. The molecule has 0 aliphatic carbocycles. The second-order valence-corrected chi connectivity index (χ2v) is 10.1. The number of aromatic nitrogens is 2. The van der Waals surface area contributed by atoms with Crippen LogP contribution >= 0.6 is 11.3 Å². The summed E-state index contributed by atoms with van der Waals surface area (Å²) in [6.45, 7) is 2.25. The van der Waals surface area contributed by atoms with Crippen LogP contribution in [-0.4, -0.2) is 71.7 Å². The number of hydrogen-bond donors (Lipinski definition) is 2. The van der Waals surface area contributed by atoms with Crippen LogP contribution in [0.5, 0.6) is 5.75 Å². The average molecular weight is 497 g/mol.